The number of aromatic nitrogens is 3. The second kappa shape index (κ2) is 12.1. The molecular weight excluding hydrogens is 663 g/mol. The molecule has 0 spiro atoms. The van der Waals surface area contributed by atoms with Gasteiger partial charge in [0.25, 0.3) is 0 Å². The Morgan fingerprint density at radius 2 is 1.00 bits per heavy atom. The molecule has 0 radical (unpaired) electrons. The Labute approximate surface area is 309 Å². The molecule has 0 saturated heterocycles. The smallest absolute Gasteiger partial charge is 0.160 e. The van der Waals surface area contributed by atoms with Gasteiger partial charge in [0.2, 0.25) is 0 Å². The van der Waals surface area contributed by atoms with Crippen molar-refractivity contribution < 1.29 is 8.83 Å². The van der Waals surface area contributed by atoms with Gasteiger partial charge in [0.1, 0.15) is 22.3 Å². The lowest BCUT2D eigenvalue weighted by Gasteiger charge is -2.12. The van der Waals surface area contributed by atoms with Crippen molar-refractivity contribution in [3.63, 3.8) is 0 Å². The summed E-state index contributed by atoms with van der Waals surface area (Å²) in [6.45, 7) is 0. The van der Waals surface area contributed by atoms with E-state index in [4.69, 9.17) is 18.8 Å². The number of hydrogen-bond donors (Lipinski definition) is 0. The Bertz CT molecular complexity index is 3210. The van der Waals surface area contributed by atoms with E-state index in [1.807, 2.05) is 66.9 Å². The van der Waals surface area contributed by atoms with E-state index in [-0.39, 0.29) is 0 Å². The summed E-state index contributed by atoms with van der Waals surface area (Å²) in [5, 5.41) is 5.38. The first-order chi connectivity index (χ1) is 26.8. The third-order valence-electron chi connectivity index (χ3n) is 10.4. The molecule has 11 aromatic rings. The summed E-state index contributed by atoms with van der Waals surface area (Å²) in [6, 6.07) is 58.2. The largest absolute Gasteiger partial charge is 0.456 e. The number of pyridine rings is 1. The van der Waals surface area contributed by atoms with Crippen molar-refractivity contribution >= 4 is 54.8 Å². The molecule has 7 aromatic carbocycles. The zero-order chi connectivity index (χ0) is 35.6. The molecule has 0 amide bonds. The highest BCUT2D eigenvalue weighted by atomic mass is 16.3. The third-order valence-corrected chi connectivity index (χ3v) is 10.4. The minimum Gasteiger partial charge on any atom is -0.456 e. The highest BCUT2D eigenvalue weighted by Crippen LogP contribution is 2.45. The van der Waals surface area contributed by atoms with E-state index in [2.05, 4.69) is 114 Å². The fourth-order valence-corrected chi connectivity index (χ4v) is 7.87. The van der Waals surface area contributed by atoms with Crippen LogP contribution in [0.1, 0.15) is 0 Å². The summed E-state index contributed by atoms with van der Waals surface area (Å²) in [5.41, 5.74) is 13.2. The Morgan fingerprint density at radius 3 is 1.83 bits per heavy atom. The number of para-hydroxylation sites is 3. The van der Waals surface area contributed by atoms with Crippen molar-refractivity contribution in [3.8, 4) is 56.2 Å². The molecule has 0 aliphatic rings. The zero-order valence-electron chi connectivity index (χ0n) is 28.9. The van der Waals surface area contributed by atoms with Crippen molar-refractivity contribution in [1.82, 2.24) is 15.0 Å². The third kappa shape index (κ3) is 4.83. The normalized spacial score (nSPS) is 11.7. The maximum Gasteiger partial charge on any atom is 0.160 e. The van der Waals surface area contributed by atoms with E-state index in [0.29, 0.717) is 5.82 Å². The zero-order valence-corrected chi connectivity index (χ0v) is 28.9. The molecule has 0 unspecified atom stereocenters. The molecule has 5 nitrogen and oxygen atoms in total. The molecule has 0 N–H and O–H groups in total. The molecule has 4 heterocycles. The number of fused-ring (bicyclic) bond motifs is 7. The molecular formula is C49H29N3O2. The first kappa shape index (κ1) is 30.3. The minimum atomic E-state index is 0.639. The Morgan fingerprint density at radius 1 is 0.370 bits per heavy atom. The average Bonchev–Trinajstić information content (AvgIpc) is 3.83. The van der Waals surface area contributed by atoms with Gasteiger partial charge in [-0.15, -0.1) is 0 Å². The number of benzene rings is 7. The Balaban J connectivity index is 1.12. The van der Waals surface area contributed by atoms with Crippen LogP contribution in [0, 0.1) is 0 Å². The van der Waals surface area contributed by atoms with Gasteiger partial charge in [-0.2, -0.15) is 0 Å². The molecule has 0 atom stereocenters. The van der Waals surface area contributed by atoms with E-state index >= 15 is 0 Å². The summed E-state index contributed by atoms with van der Waals surface area (Å²) >= 11 is 0. The maximum atomic E-state index is 6.78. The first-order valence-corrected chi connectivity index (χ1v) is 18.0. The van der Waals surface area contributed by atoms with Crippen molar-refractivity contribution in [2.45, 2.75) is 0 Å². The van der Waals surface area contributed by atoms with Crippen molar-refractivity contribution in [1.29, 1.82) is 0 Å². The van der Waals surface area contributed by atoms with Gasteiger partial charge in [-0.25, -0.2) is 9.97 Å². The monoisotopic (exact) mass is 691 g/mol. The first-order valence-electron chi connectivity index (χ1n) is 18.0. The van der Waals surface area contributed by atoms with Crippen LogP contribution in [0.15, 0.2) is 185 Å². The van der Waals surface area contributed by atoms with E-state index in [9.17, 15) is 0 Å². The number of furan rings is 2. The van der Waals surface area contributed by atoms with Crippen LogP contribution in [0.4, 0.5) is 0 Å². The lowest BCUT2D eigenvalue weighted by molar-refractivity contribution is 0.668. The van der Waals surface area contributed by atoms with E-state index in [1.54, 1.807) is 0 Å². The second-order valence-corrected chi connectivity index (χ2v) is 13.5. The average molecular weight is 692 g/mol. The van der Waals surface area contributed by atoms with Gasteiger partial charge >= 0.3 is 0 Å². The van der Waals surface area contributed by atoms with Crippen LogP contribution < -0.4 is 0 Å². The quantitative estimate of drug-likeness (QED) is 0.180. The van der Waals surface area contributed by atoms with Crippen LogP contribution in [-0.2, 0) is 0 Å². The topological polar surface area (TPSA) is 65.0 Å². The van der Waals surface area contributed by atoms with Gasteiger partial charge in [0, 0.05) is 49.8 Å². The molecule has 252 valence electrons. The fraction of sp³-hybridized carbons (Fsp3) is 0. The molecule has 54 heavy (non-hydrogen) atoms. The summed E-state index contributed by atoms with van der Waals surface area (Å²) in [7, 11) is 0. The molecule has 0 fully saturated rings. The predicted octanol–water partition coefficient (Wildman–Crippen LogP) is 13.2. The van der Waals surface area contributed by atoms with E-state index < -0.39 is 0 Å². The standard InChI is InChI=1S/C49H29N3O2/c1-2-11-31(12-3-1)41-29-42(52-49(51-41)32-23-21-30(22-24-32)33-27-28-50-40-17-7-4-13-34(33)40)37-26-25-36(47-39-15-6-9-19-44(39)54-48(37)47)35-16-10-20-45-46(35)38-14-5-8-18-43(38)53-45/h1-29H. The molecule has 0 aliphatic carbocycles. The van der Waals surface area contributed by atoms with Crippen LogP contribution in [0.2, 0.25) is 0 Å². The lowest BCUT2D eigenvalue weighted by Crippen LogP contribution is -1.96. The molecule has 5 heteroatoms. The Hall–Kier alpha value is -7.37. The summed E-state index contributed by atoms with van der Waals surface area (Å²) in [5.74, 6) is 0.639. The maximum absolute atomic E-state index is 6.78. The van der Waals surface area contributed by atoms with Crippen LogP contribution in [0.5, 0.6) is 0 Å². The van der Waals surface area contributed by atoms with Gasteiger partial charge in [0.05, 0.1) is 16.9 Å². The van der Waals surface area contributed by atoms with Gasteiger partial charge in [-0.3, -0.25) is 4.98 Å². The lowest BCUT2D eigenvalue weighted by atomic mass is 9.93. The number of rotatable bonds is 5. The van der Waals surface area contributed by atoms with Crippen LogP contribution >= 0.6 is 0 Å². The van der Waals surface area contributed by atoms with Crippen molar-refractivity contribution in [2.75, 3.05) is 0 Å². The van der Waals surface area contributed by atoms with E-state index in [1.165, 1.54) is 0 Å². The van der Waals surface area contributed by atoms with Crippen LogP contribution in [0.3, 0.4) is 0 Å². The summed E-state index contributed by atoms with van der Waals surface area (Å²) in [6.07, 6.45) is 1.87. The van der Waals surface area contributed by atoms with E-state index in [0.717, 1.165) is 105 Å². The highest BCUT2D eigenvalue weighted by molar-refractivity contribution is 6.21. The van der Waals surface area contributed by atoms with Gasteiger partial charge in [-0.1, -0.05) is 127 Å². The molecule has 0 aliphatic heterocycles. The number of hydrogen-bond acceptors (Lipinski definition) is 5. The summed E-state index contributed by atoms with van der Waals surface area (Å²) in [4.78, 5) is 15.0. The van der Waals surface area contributed by atoms with Gasteiger partial charge < -0.3 is 8.83 Å². The van der Waals surface area contributed by atoms with Crippen LogP contribution in [-0.4, -0.2) is 15.0 Å². The van der Waals surface area contributed by atoms with Crippen molar-refractivity contribution in [2.24, 2.45) is 0 Å². The fourth-order valence-electron chi connectivity index (χ4n) is 7.87. The molecule has 0 bridgehead atoms. The SMILES string of the molecule is c1ccc(-c2cc(-c3ccc(-c4cccc5oc6ccccc6c45)c4c3oc3ccccc34)nc(-c3ccc(-c4ccnc5ccccc45)cc3)n2)cc1. The summed E-state index contributed by atoms with van der Waals surface area (Å²) < 4.78 is 13.1. The minimum absolute atomic E-state index is 0.639. The van der Waals surface area contributed by atoms with Crippen LogP contribution in [0.25, 0.3) is 111 Å². The number of nitrogens with zero attached hydrogens (tertiary/aromatic N) is 3. The molecule has 0 saturated carbocycles. The predicted molar refractivity (Wildman–Crippen MR) is 219 cm³/mol. The van der Waals surface area contributed by atoms with Gasteiger partial charge in [-0.05, 0) is 64.7 Å². The molecule has 11 rings (SSSR count). The Kier molecular flexibility index (Phi) is 6.79. The second-order valence-electron chi connectivity index (χ2n) is 13.5. The van der Waals surface area contributed by atoms with Crippen molar-refractivity contribution in [3.05, 3.63) is 176 Å². The van der Waals surface area contributed by atoms with Gasteiger partial charge in [0.15, 0.2) is 5.82 Å². The molecule has 4 aromatic heterocycles. The highest BCUT2D eigenvalue weighted by Gasteiger charge is 2.22.